The van der Waals surface area contributed by atoms with Crippen LogP contribution in [0.5, 0.6) is 0 Å². The van der Waals surface area contributed by atoms with Crippen molar-refractivity contribution in [3.63, 3.8) is 0 Å². The number of hydrogen-bond acceptors (Lipinski definition) is 3. The predicted molar refractivity (Wildman–Crippen MR) is 72.2 cm³/mol. The molecule has 2 rings (SSSR count). The van der Waals surface area contributed by atoms with Crippen molar-refractivity contribution in [2.24, 2.45) is 5.73 Å². The predicted octanol–water partition coefficient (Wildman–Crippen LogP) is 0.332. The van der Waals surface area contributed by atoms with E-state index in [0.29, 0.717) is 6.54 Å². The van der Waals surface area contributed by atoms with Crippen molar-refractivity contribution in [1.82, 2.24) is 9.80 Å². The van der Waals surface area contributed by atoms with E-state index in [1.165, 1.54) is 5.56 Å². The summed E-state index contributed by atoms with van der Waals surface area (Å²) in [4.78, 5) is 15.4. The van der Waals surface area contributed by atoms with Gasteiger partial charge < -0.3 is 10.6 Å². The van der Waals surface area contributed by atoms with Gasteiger partial charge in [-0.3, -0.25) is 9.69 Å². The number of rotatable bonds is 5. The van der Waals surface area contributed by atoms with Crippen LogP contribution in [0.3, 0.4) is 0 Å². The molecule has 0 aromatic heterocycles. The van der Waals surface area contributed by atoms with E-state index in [-0.39, 0.29) is 5.91 Å². The SMILES string of the molecule is NC(=O)CN1CCN(CCc2ccccc2)CC1. The van der Waals surface area contributed by atoms with Gasteiger partial charge in [0.25, 0.3) is 0 Å². The maximum absolute atomic E-state index is 10.8. The molecule has 0 spiro atoms. The number of hydrogen-bond donors (Lipinski definition) is 1. The lowest BCUT2D eigenvalue weighted by atomic mass is 10.1. The zero-order valence-corrected chi connectivity index (χ0v) is 10.7. The smallest absolute Gasteiger partial charge is 0.231 e. The van der Waals surface area contributed by atoms with Gasteiger partial charge in [0.2, 0.25) is 5.91 Å². The Bertz CT molecular complexity index is 372. The molecule has 0 unspecified atom stereocenters. The van der Waals surface area contributed by atoms with Gasteiger partial charge >= 0.3 is 0 Å². The van der Waals surface area contributed by atoms with E-state index in [2.05, 4.69) is 34.1 Å². The van der Waals surface area contributed by atoms with Gasteiger partial charge in [0, 0.05) is 32.7 Å². The molecule has 2 N–H and O–H groups in total. The third-order valence-corrected chi connectivity index (χ3v) is 3.40. The number of carbonyl (C=O) groups excluding carboxylic acids is 1. The fourth-order valence-corrected chi connectivity index (χ4v) is 2.32. The van der Waals surface area contributed by atoms with Gasteiger partial charge in [-0.1, -0.05) is 30.3 Å². The summed E-state index contributed by atoms with van der Waals surface area (Å²) in [7, 11) is 0. The minimum absolute atomic E-state index is 0.229. The lowest BCUT2D eigenvalue weighted by Gasteiger charge is -2.33. The Morgan fingerprint density at radius 1 is 1.06 bits per heavy atom. The van der Waals surface area contributed by atoms with Crippen LogP contribution in [0.2, 0.25) is 0 Å². The Hall–Kier alpha value is -1.39. The number of nitrogens with two attached hydrogens (primary N) is 1. The summed E-state index contributed by atoms with van der Waals surface area (Å²) in [5, 5.41) is 0. The Kier molecular flexibility index (Phi) is 4.73. The molecule has 1 aromatic carbocycles. The third-order valence-electron chi connectivity index (χ3n) is 3.40. The van der Waals surface area contributed by atoms with Gasteiger partial charge in [-0.2, -0.15) is 0 Å². The summed E-state index contributed by atoms with van der Waals surface area (Å²) >= 11 is 0. The average Bonchev–Trinajstić information content (AvgIpc) is 2.38. The topological polar surface area (TPSA) is 49.6 Å². The maximum Gasteiger partial charge on any atom is 0.231 e. The van der Waals surface area contributed by atoms with Gasteiger partial charge in [-0.25, -0.2) is 0 Å². The molecule has 18 heavy (non-hydrogen) atoms. The Morgan fingerprint density at radius 2 is 1.67 bits per heavy atom. The highest BCUT2D eigenvalue weighted by Gasteiger charge is 2.17. The summed E-state index contributed by atoms with van der Waals surface area (Å²) in [6, 6.07) is 10.6. The highest BCUT2D eigenvalue weighted by molar-refractivity contribution is 5.75. The van der Waals surface area contributed by atoms with E-state index in [0.717, 1.165) is 39.1 Å². The van der Waals surface area contributed by atoms with Crippen LogP contribution < -0.4 is 5.73 Å². The molecule has 1 aromatic rings. The highest BCUT2D eigenvalue weighted by atomic mass is 16.1. The van der Waals surface area contributed by atoms with Gasteiger partial charge in [0.15, 0.2) is 0 Å². The van der Waals surface area contributed by atoms with E-state index < -0.39 is 0 Å². The Balaban J connectivity index is 1.69. The molecule has 1 heterocycles. The molecule has 0 atom stereocenters. The first-order valence-corrected chi connectivity index (χ1v) is 6.51. The maximum atomic E-state index is 10.8. The molecule has 0 radical (unpaired) electrons. The van der Waals surface area contributed by atoms with Crippen LogP contribution in [0.1, 0.15) is 5.56 Å². The van der Waals surface area contributed by atoms with E-state index >= 15 is 0 Å². The average molecular weight is 247 g/mol. The second-order valence-electron chi connectivity index (χ2n) is 4.82. The number of nitrogens with zero attached hydrogens (tertiary/aromatic N) is 2. The van der Waals surface area contributed by atoms with Gasteiger partial charge in [-0.15, -0.1) is 0 Å². The van der Waals surface area contributed by atoms with Crippen LogP contribution >= 0.6 is 0 Å². The largest absolute Gasteiger partial charge is 0.369 e. The highest BCUT2D eigenvalue weighted by Crippen LogP contribution is 2.05. The van der Waals surface area contributed by atoms with Crippen LogP contribution in [0, 0.1) is 0 Å². The standard InChI is InChI=1S/C14H21N3O/c15-14(18)12-17-10-8-16(9-11-17)7-6-13-4-2-1-3-5-13/h1-5H,6-12H2,(H2,15,18). The molecule has 0 aliphatic carbocycles. The molecule has 1 aliphatic heterocycles. The van der Waals surface area contributed by atoms with Gasteiger partial charge in [0.1, 0.15) is 0 Å². The molecule has 98 valence electrons. The van der Waals surface area contributed by atoms with E-state index in [4.69, 9.17) is 5.73 Å². The lowest BCUT2D eigenvalue weighted by Crippen LogP contribution is -2.49. The second kappa shape index (κ2) is 6.52. The zero-order chi connectivity index (χ0) is 12.8. The molecule has 1 fully saturated rings. The fraction of sp³-hybridized carbons (Fsp3) is 0.500. The molecule has 4 nitrogen and oxygen atoms in total. The summed E-state index contributed by atoms with van der Waals surface area (Å²) in [6.45, 7) is 5.43. The number of benzene rings is 1. The minimum Gasteiger partial charge on any atom is -0.369 e. The summed E-state index contributed by atoms with van der Waals surface area (Å²) < 4.78 is 0. The molecule has 0 bridgehead atoms. The van der Waals surface area contributed by atoms with Crippen LogP contribution in [0.25, 0.3) is 0 Å². The van der Waals surface area contributed by atoms with Crippen molar-refractivity contribution in [3.8, 4) is 0 Å². The van der Waals surface area contributed by atoms with Crippen molar-refractivity contribution in [2.45, 2.75) is 6.42 Å². The first-order chi connectivity index (χ1) is 8.74. The summed E-state index contributed by atoms with van der Waals surface area (Å²) in [5.74, 6) is -0.229. The van der Waals surface area contributed by atoms with Crippen LogP contribution in [-0.4, -0.2) is 55.0 Å². The molecular formula is C14H21N3O. The Morgan fingerprint density at radius 3 is 2.28 bits per heavy atom. The van der Waals surface area contributed by atoms with Crippen LogP contribution in [0.4, 0.5) is 0 Å². The van der Waals surface area contributed by atoms with E-state index in [1.54, 1.807) is 0 Å². The molecule has 1 aliphatic rings. The van der Waals surface area contributed by atoms with Crippen LogP contribution in [0.15, 0.2) is 30.3 Å². The van der Waals surface area contributed by atoms with Crippen molar-refractivity contribution >= 4 is 5.91 Å². The Labute approximate surface area is 108 Å². The molecule has 4 heteroatoms. The zero-order valence-electron chi connectivity index (χ0n) is 10.7. The van der Waals surface area contributed by atoms with E-state index in [9.17, 15) is 4.79 Å². The third kappa shape index (κ3) is 4.13. The molecule has 1 amide bonds. The number of piperazine rings is 1. The number of amides is 1. The molecule has 0 saturated carbocycles. The molecular weight excluding hydrogens is 226 g/mol. The fourth-order valence-electron chi connectivity index (χ4n) is 2.32. The van der Waals surface area contributed by atoms with Crippen molar-refractivity contribution in [3.05, 3.63) is 35.9 Å². The normalized spacial score (nSPS) is 17.8. The van der Waals surface area contributed by atoms with Gasteiger partial charge in [0.05, 0.1) is 6.54 Å². The quantitative estimate of drug-likeness (QED) is 0.816. The van der Waals surface area contributed by atoms with Crippen molar-refractivity contribution in [1.29, 1.82) is 0 Å². The van der Waals surface area contributed by atoms with Crippen molar-refractivity contribution in [2.75, 3.05) is 39.3 Å². The first kappa shape index (κ1) is 13.1. The van der Waals surface area contributed by atoms with Crippen molar-refractivity contribution < 1.29 is 4.79 Å². The first-order valence-electron chi connectivity index (χ1n) is 6.51. The monoisotopic (exact) mass is 247 g/mol. The summed E-state index contributed by atoms with van der Waals surface area (Å²) in [5.41, 5.74) is 6.58. The lowest BCUT2D eigenvalue weighted by molar-refractivity contribution is -0.119. The summed E-state index contributed by atoms with van der Waals surface area (Å²) in [6.07, 6.45) is 1.09. The van der Waals surface area contributed by atoms with Gasteiger partial charge in [-0.05, 0) is 12.0 Å². The second-order valence-corrected chi connectivity index (χ2v) is 4.82. The molecule has 1 saturated heterocycles. The number of carbonyl (C=O) groups is 1. The number of primary amides is 1. The van der Waals surface area contributed by atoms with E-state index in [1.807, 2.05) is 6.07 Å². The van der Waals surface area contributed by atoms with Crippen LogP contribution in [-0.2, 0) is 11.2 Å². The minimum atomic E-state index is -0.229.